The molecule has 0 amide bonds. The lowest BCUT2D eigenvalue weighted by molar-refractivity contribution is 0.220. The number of aliphatic hydroxyl groups excluding tert-OH is 1. The number of nitrogens with one attached hydrogen (secondary N) is 1. The topological polar surface area (TPSA) is 45.2 Å². The lowest BCUT2D eigenvalue weighted by Crippen LogP contribution is -2.18. The first-order valence-corrected chi connectivity index (χ1v) is 5.76. The highest BCUT2D eigenvalue weighted by Gasteiger charge is 2.41. The molecule has 0 aromatic carbocycles. The van der Waals surface area contributed by atoms with Crippen molar-refractivity contribution in [3.05, 3.63) is 10.6 Å². The minimum absolute atomic E-state index is 0.160. The molecule has 0 aliphatic heterocycles. The Balaban J connectivity index is 1.92. The molecule has 0 radical (unpaired) electrons. The number of hydrogen-bond donors (Lipinski definition) is 2. The number of aromatic nitrogens is 1. The van der Waals surface area contributed by atoms with Gasteiger partial charge in [0.15, 0.2) is 5.13 Å². The van der Waals surface area contributed by atoms with Gasteiger partial charge in [-0.3, -0.25) is 0 Å². The van der Waals surface area contributed by atoms with E-state index in [-0.39, 0.29) is 5.41 Å². The molecule has 1 heterocycles. The summed E-state index contributed by atoms with van der Waals surface area (Å²) in [6.07, 6.45) is 2.28. The SMILES string of the molecule is Cc1nc(NCC2(CO)CC2)sc1C. The van der Waals surface area contributed by atoms with Crippen LogP contribution in [-0.2, 0) is 0 Å². The minimum Gasteiger partial charge on any atom is -0.396 e. The van der Waals surface area contributed by atoms with Crippen molar-refractivity contribution in [2.24, 2.45) is 5.41 Å². The third kappa shape index (κ3) is 1.91. The quantitative estimate of drug-likeness (QED) is 0.801. The molecule has 0 bridgehead atoms. The Kier molecular flexibility index (Phi) is 2.49. The molecule has 2 N–H and O–H groups in total. The molecule has 1 aliphatic rings. The first-order valence-electron chi connectivity index (χ1n) is 4.94. The van der Waals surface area contributed by atoms with Gasteiger partial charge < -0.3 is 10.4 Å². The molecule has 0 unspecified atom stereocenters. The second kappa shape index (κ2) is 3.51. The van der Waals surface area contributed by atoms with E-state index < -0.39 is 0 Å². The second-order valence-corrected chi connectivity index (χ2v) is 5.38. The zero-order valence-electron chi connectivity index (χ0n) is 8.63. The molecule has 14 heavy (non-hydrogen) atoms. The van der Waals surface area contributed by atoms with Gasteiger partial charge in [0.2, 0.25) is 0 Å². The summed E-state index contributed by atoms with van der Waals surface area (Å²) in [5.41, 5.74) is 1.26. The van der Waals surface area contributed by atoms with Crippen molar-refractivity contribution >= 4 is 16.5 Å². The highest BCUT2D eigenvalue weighted by atomic mass is 32.1. The van der Waals surface area contributed by atoms with Gasteiger partial charge in [0, 0.05) is 16.8 Å². The Morgan fingerprint density at radius 2 is 2.21 bits per heavy atom. The van der Waals surface area contributed by atoms with Gasteiger partial charge in [0.1, 0.15) is 0 Å². The summed E-state index contributed by atoms with van der Waals surface area (Å²) in [5.74, 6) is 0. The summed E-state index contributed by atoms with van der Waals surface area (Å²) >= 11 is 1.69. The molecule has 4 heteroatoms. The molecule has 2 rings (SSSR count). The number of aryl methyl sites for hydroxylation is 2. The average Bonchev–Trinajstić information content (AvgIpc) is 2.88. The van der Waals surface area contributed by atoms with E-state index in [4.69, 9.17) is 5.11 Å². The van der Waals surface area contributed by atoms with Gasteiger partial charge in [-0.15, -0.1) is 11.3 Å². The van der Waals surface area contributed by atoms with Crippen molar-refractivity contribution < 1.29 is 5.11 Å². The van der Waals surface area contributed by atoms with Crippen LogP contribution in [0, 0.1) is 19.3 Å². The highest BCUT2D eigenvalue weighted by Crippen LogP contribution is 2.45. The predicted molar refractivity (Wildman–Crippen MR) is 58.8 cm³/mol. The van der Waals surface area contributed by atoms with Gasteiger partial charge in [0.25, 0.3) is 0 Å². The third-order valence-electron chi connectivity index (χ3n) is 2.94. The average molecular weight is 212 g/mol. The number of rotatable bonds is 4. The number of anilines is 1. The van der Waals surface area contributed by atoms with Crippen LogP contribution >= 0.6 is 11.3 Å². The maximum Gasteiger partial charge on any atom is 0.183 e. The first kappa shape index (κ1) is 9.93. The van der Waals surface area contributed by atoms with Crippen molar-refractivity contribution in [1.29, 1.82) is 0 Å². The van der Waals surface area contributed by atoms with Crippen LogP contribution in [-0.4, -0.2) is 23.2 Å². The van der Waals surface area contributed by atoms with Crippen molar-refractivity contribution in [3.8, 4) is 0 Å². The summed E-state index contributed by atoms with van der Waals surface area (Å²) < 4.78 is 0. The summed E-state index contributed by atoms with van der Waals surface area (Å²) in [6.45, 7) is 5.26. The fourth-order valence-corrected chi connectivity index (χ4v) is 2.19. The number of thiazole rings is 1. The lowest BCUT2D eigenvalue weighted by atomic mass is 10.1. The summed E-state index contributed by atoms with van der Waals surface area (Å²) in [5, 5.41) is 13.4. The molecule has 0 spiro atoms. The van der Waals surface area contributed by atoms with Gasteiger partial charge in [-0.1, -0.05) is 0 Å². The summed E-state index contributed by atoms with van der Waals surface area (Å²) in [4.78, 5) is 5.67. The van der Waals surface area contributed by atoms with Crippen molar-refractivity contribution in [2.45, 2.75) is 26.7 Å². The monoisotopic (exact) mass is 212 g/mol. The molecule has 1 saturated carbocycles. The fourth-order valence-electron chi connectivity index (χ4n) is 1.38. The van der Waals surface area contributed by atoms with Crippen molar-refractivity contribution in [1.82, 2.24) is 4.98 Å². The summed E-state index contributed by atoms with van der Waals surface area (Å²) in [7, 11) is 0. The lowest BCUT2D eigenvalue weighted by Gasteiger charge is -2.11. The minimum atomic E-state index is 0.160. The van der Waals surface area contributed by atoms with E-state index in [0.29, 0.717) is 6.61 Å². The smallest absolute Gasteiger partial charge is 0.183 e. The molecule has 78 valence electrons. The zero-order chi connectivity index (χ0) is 10.2. The van der Waals surface area contributed by atoms with Gasteiger partial charge in [0.05, 0.1) is 12.3 Å². The first-order chi connectivity index (χ1) is 6.65. The van der Waals surface area contributed by atoms with E-state index in [1.165, 1.54) is 4.88 Å². The van der Waals surface area contributed by atoms with Gasteiger partial charge in [-0.2, -0.15) is 0 Å². The predicted octanol–water partition coefficient (Wildman–Crippen LogP) is 1.94. The van der Waals surface area contributed by atoms with Crippen molar-refractivity contribution in [3.63, 3.8) is 0 Å². The number of nitrogens with zero attached hydrogens (tertiary/aromatic N) is 1. The maximum atomic E-state index is 9.14. The fraction of sp³-hybridized carbons (Fsp3) is 0.700. The third-order valence-corrected chi connectivity index (χ3v) is 3.97. The van der Waals surface area contributed by atoms with E-state index in [1.807, 2.05) is 6.92 Å². The normalized spacial score (nSPS) is 18.2. The zero-order valence-corrected chi connectivity index (χ0v) is 9.45. The molecule has 1 aromatic heterocycles. The van der Waals surface area contributed by atoms with Crippen LogP contribution in [0.15, 0.2) is 0 Å². The Morgan fingerprint density at radius 1 is 1.50 bits per heavy atom. The molecular weight excluding hydrogens is 196 g/mol. The Bertz CT molecular complexity index is 311. The maximum absolute atomic E-state index is 9.14. The van der Waals surface area contributed by atoms with E-state index in [0.717, 1.165) is 30.2 Å². The van der Waals surface area contributed by atoms with E-state index in [1.54, 1.807) is 11.3 Å². The molecular formula is C10H16N2OS. The Labute approximate surface area is 88.2 Å². The van der Waals surface area contributed by atoms with Crippen LogP contribution in [0.1, 0.15) is 23.4 Å². The summed E-state index contributed by atoms with van der Waals surface area (Å²) in [6, 6.07) is 0. The molecule has 1 aromatic rings. The molecule has 3 nitrogen and oxygen atoms in total. The Hall–Kier alpha value is -0.610. The van der Waals surface area contributed by atoms with Crippen LogP contribution in [0.25, 0.3) is 0 Å². The Morgan fingerprint density at radius 3 is 2.64 bits per heavy atom. The van der Waals surface area contributed by atoms with Gasteiger partial charge in [-0.25, -0.2) is 4.98 Å². The standard InChI is InChI=1S/C10H16N2OS/c1-7-8(2)14-9(12-7)11-5-10(6-13)3-4-10/h13H,3-6H2,1-2H3,(H,11,12). The largest absolute Gasteiger partial charge is 0.396 e. The molecule has 0 atom stereocenters. The van der Waals surface area contributed by atoms with Crippen molar-refractivity contribution in [2.75, 3.05) is 18.5 Å². The molecule has 0 saturated heterocycles. The molecule has 1 fully saturated rings. The van der Waals surface area contributed by atoms with Crippen LogP contribution in [0.3, 0.4) is 0 Å². The number of hydrogen-bond acceptors (Lipinski definition) is 4. The second-order valence-electron chi connectivity index (χ2n) is 4.17. The van der Waals surface area contributed by atoms with E-state index in [9.17, 15) is 0 Å². The number of aliphatic hydroxyl groups is 1. The highest BCUT2D eigenvalue weighted by molar-refractivity contribution is 7.15. The van der Waals surface area contributed by atoms with E-state index >= 15 is 0 Å². The van der Waals surface area contributed by atoms with Crippen LogP contribution in [0.4, 0.5) is 5.13 Å². The van der Waals surface area contributed by atoms with Gasteiger partial charge in [-0.05, 0) is 26.7 Å². The van der Waals surface area contributed by atoms with E-state index in [2.05, 4.69) is 17.2 Å². The molecule has 1 aliphatic carbocycles. The van der Waals surface area contributed by atoms with Crippen LogP contribution in [0.2, 0.25) is 0 Å². The van der Waals surface area contributed by atoms with Gasteiger partial charge >= 0.3 is 0 Å². The van der Waals surface area contributed by atoms with Crippen LogP contribution < -0.4 is 5.32 Å². The van der Waals surface area contributed by atoms with Crippen LogP contribution in [0.5, 0.6) is 0 Å².